The minimum absolute atomic E-state index is 0.0391. The summed E-state index contributed by atoms with van der Waals surface area (Å²) in [5.74, 6) is 0.724. The summed E-state index contributed by atoms with van der Waals surface area (Å²) in [5, 5.41) is -0.0959. The molecule has 0 spiro atoms. The van der Waals surface area contributed by atoms with E-state index in [1.165, 1.54) is 16.1 Å². The highest BCUT2D eigenvalue weighted by molar-refractivity contribution is 8.00. The fourth-order valence-corrected chi connectivity index (χ4v) is 4.99. The maximum Gasteiger partial charge on any atom is 0.226 e. The maximum absolute atomic E-state index is 13.3. The lowest BCUT2D eigenvalue weighted by Gasteiger charge is -2.26. The van der Waals surface area contributed by atoms with Gasteiger partial charge in [0.15, 0.2) is 5.75 Å². The molecule has 0 aliphatic carbocycles. The van der Waals surface area contributed by atoms with Gasteiger partial charge in [0.25, 0.3) is 0 Å². The number of para-hydroxylation sites is 1. The van der Waals surface area contributed by atoms with Crippen molar-refractivity contribution in [2.75, 3.05) is 12.0 Å². The number of hydrogen-bond acceptors (Lipinski definition) is 4. The van der Waals surface area contributed by atoms with E-state index in [0.717, 1.165) is 17.7 Å². The van der Waals surface area contributed by atoms with Crippen LogP contribution in [-0.2, 0) is 6.54 Å². The Balaban J connectivity index is 1.83. The van der Waals surface area contributed by atoms with Crippen LogP contribution in [0.25, 0.3) is 0 Å². The van der Waals surface area contributed by atoms with Crippen molar-refractivity contribution in [3.8, 4) is 5.75 Å². The molecule has 3 nitrogen and oxygen atoms in total. The highest BCUT2D eigenvalue weighted by Crippen LogP contribution is 2.51. The van der Waals surface area contributed by atoms with Gasteiger partial charge in [0.2, 0.25) is 5.43 Å². The first-order valence-corrected chi connectivity index (χ1v) is 10.7. The molecule has 1 heterocycles. The summed E-state index contributed by atoms with van der Waals surface area (Å²) in [6, 6.07) is 24.7. The molecule has 0 fully saturated rings. The zero-order valence-electron chi connectivity index (χ0n) is 17.0. The highest BCUT2D eigenvalue weighted by atomic mass is 32.2. The number of anilines is 1. The zero-order valence-corrected chi connectivity index (χ0v) is 17.8. The molecule has 4 rings (SSSR count). The third kappa shape index (κ3) is 3.90. The Hall–Kier alpha value is -2.72. The van der Waals surface area contributed by atoms with Crippen molar-refractivity contribution >= 4 is 17.4 Å². The molecule has 1 aliphatic rings. The van der Waals surface area contributed by atoms with Crippen LogP contribution in [0, 0.1) is 0 Å². The van der Waals surface area contributed by atoms with Gasteiger partial charge >= 0.3 is 0 Å². The quantitative estimate of drug-likeness (QED) is 0.523. The standard InChI is InChI=1S/C25H25NO2S/c1-17(2)19-13-14-20(24(27)22(15-19)28-3)25-26(16-18-9-5-4-6-10-18)21-11-7-8-12-23(21)29-25/h4-15,17,25H,16H2,1-3H3. The van der Waals surface area contributed by atoms with E-state index in [1.807, 2.05) is 18.2 Å². The molecule has 3 aromatic rings. The Morgan fingerprint density at radius 3 is 2.45 bits per heavy atom. The predicted molar refractivity (Wildman–Crippen MR) is 121 cm³/mol. The minimum Gasteiger partial charge on any atom is -0.493 e. The van der Waals surface area contributed by atoms with E-state index in [0.29, 0.717) is 11.7 Å². The van der Waals surface area contributed by atoms with Gasteiger partial charge in [-0.05, 0) is 35.2 Å². The normalized spacial score (nSPS) is 15.4. The van der Waals surface area contributed by atoms with Gasteiger partial charge in [0.1, 0.15) is 5.37 Å². The number of fused-ring (bicyclic) bond motifs is 1. The van der Waals surface area contributed by atoms with E-state index in [1.54, 1.807) is 18.9 Å². The Kier molecular flexibility index (Phi) is 5.63. The lowest BCUT2D eigenvalue weighted by atomic mass is 10.1. The van der Waals surface area contributed by atoms with E-state index < -0.39 is 0 Å². The van der Waals surface area contributed by atoms with Crippen LogP contribution in [0.1, 0.15) is 41.8 Å². The van der Waals surface area contributed by atoms with Gasteiger partial charge in [-0.2, -0.15) is 0 Å². The van der Waals surface area contributed by atoms with Crippen molar-refractivity contribution in [3.05, 3.63) is 99.7 Å². The van der Waals surface area contributed by atoms with E-state index in [-0.39, 0.29) is 10.8 Å². The van der Waals surface area contributed by atoms with Crippen LogP contribution in [0.3, 0.4) is 0 Å². The van der Waals surface area contributed by atoms with Gasteiger partial charge in [-0.1, -0.05) is 80.2 Å². The number of rotatable bonds is 5. The Morgan fingerprint density at radius 1 is 1.00 bits per heavy atom. The monoisotopic (exact) mass is 403 g/mol. The first-order valence-electron chi connectivity index (χ1n) is 9.87. The minimum atomic E-state index is -0.0959. The molecule has 0 N–H and O–H groups in total. The molecular formula is C25H25NO2S. The third-order valence-electron chi connectivity index (χ3n) is 5.28. The van der Waals surface area contributed by atoms with Gasteiger partial charge in [-0.15, -0.1) is 0 Å². The Labute approximate surface area is 176 Å². The molecule has 0 amide bonds. The molecule has 0 saturated heterocycles. The second kappa shape index (κ2) is 8.34. The van der Waals surface area contributed by atoms with E-state index in [4.69, 9.17) is 4.74 Å². The molecule has 29 heavy (non-hydrogen) atoms. The Bertz CT molecular complexity index is 1070. The summed E-state index contributed by atoms with van der Waals surface area (Å²) < 4.78 is 5.49. The van der Waals surface area contributed by atoms with Gasteiger partial charge in [0, 0.05) is 17.0 Å². The number of thioether (sulfide) groups is 1. The number of methoxy groups -OCH3 is 1. The van der Waals surface area contributed by atoms with Crippen LogP contribution in [0.2, 0.25) is 0 Å². The average Bonchev–Trinajstić information content (AvgIpc) is 2.99. The number of ether oxygens (including phenoxy) is 1. The van der Waals surface area contributed by atoms with Crippen LogP contribution in [0.15, 0.2) is 82.5 Å². The molecule has 1 aliphatic heterocycles. The third-order valence-corrected chi connectivity index (χ3v) is 6.61. The summed E-state index contributed by atoms with van der Waals surface area (Å²) in [6.07, 6.45) is 0. The second-order valence-electron chi connectivity index (χ2n) is 7.54. The topological polar surface area (TPSA) is 29.5 Å². The number of nitrogens with zero attached hydrogens (tertiary/aromatic N) is 1. The van der Waals surface area contributed by atoms with Crippen molar-refractivity contribution in [1.82, 2.24) is 0 Å². The fourth-order valence-electron chi connectivity index (χ4n) is 3.66. The summed E-state index contributed by atoms with van der Waals surface area (Å²) >= 11 is 1.73. The lowest BCUT2D eigenvalue weighted by Crippen LogP contribution is -2.26. The van der Waals surface area contributed by atoms with Gasteiger partial charge in [0.05, 0.1) is 12.8 Å². The molecule has 148 valence electrons. The molecule has 4 heteroatoms. The highest BCUT2D eigenvalue weighted by Gasteiger charge is 2.33. The van der Waals surface area contributed by atoms with Crippen molar-refractivity contribution in [2.45, 2.75) is 36.6 Å². The summed E-state index contributed by atoms with van der Waals surface area (Å²) in [5.41, 5.74) is 4.20. The van der Waals surface area contributed by atoms with Crippen LogP contribution in [0.4, 0.5) is 5.69 Å². The summed E-state index contributed by atoms with van der Waals surface area (Å²) in [7, 11) is 1.57. The van der Waals surface area contributed by atoms with E-state index >= 15 is 0 Å². The van der Waals surface area contributed by atoms with Gasteiger partial charge in [-0.3, -0.25) is 4.79 Å². The van der Waals surface area contributed by atoms with Crippen molar-refractivity contribution in [2.24, 2.45) is 0 Å². The zero-order chi connectivity index (χ0) is 20.4. The van der Waals surface area contributed by atoms with E-state index in [9.17, 15) is 4.79 Å². The largest absolute Gasteiger partial charge is 0.493 e. The molecule has 1 unspecified atom stereocenters. The maximum atomic E-state index is 13.3. The van der Waals surface area contributed by atoms with Crippen molar-refractivity contribution in [1.29, 1.82) is 0 Å². The number of benzene rings is 2. The predicted octanol–water partition coefficient (Wildman–Crippen LogP) is 5.99. The van der Waals surface area contributed by atoms with Crippen LogP contribution < -0.4 is 15.1 Å². The SMILES string of the molecule is COc1cc(C(C)C)ccc(C2Sc3ccccc3N2Cc2ccccc2)c1=O. The van der Waals surface area contributed by atoms with Gasteiger partial charge in [-0.25, -0.2) is 0 Å². The van der Waals surface area contributed by atoms with Crippen LogP contribution in [-0.4, -0.2) is 7.11 Å². The smallest absolute Gasteiger partial charge is 0.226 e. The summed E-state index contributed by atoms with van der Waals surface area (Å²) in [4.78, 5) is 16.9. The van der Waals surface area contributed by atoms with Crippen LogP contribution >= 0.6 is 11.8 Å². The first kappa shape index (κ1) is 19.6. The summed E-state index contributed by atoms with van der Waals surface area (Å²) in [6.45, 7) is 4.99. The molecule has 0 bridgehead atoms. The first-order chi connectivity index (χ1) is 14.1. The molecule has 0 aromatic heterocycles. The molecule has 0 radical (unpaired) electrons. The Morgan fingerprint density at radius 2 is 1.72 bits per heavy atom. The molecule has 3 aromatic carbocycles. The van der Waals surface area contributed by atoms with Gasteiger partial charge < -0.3 is 9.64 Å². The molecule has 1 atom stereocenters. The van der Waals surface area contributed by atoms with Crippen LogP contribution in [0.5, 0.6) is 5.75 Å². The fraction of sp³-hybridized carbons (Fsp3) is 0.240. The lowest BCUT2D eigenvalue weighted by molar-refractivity contribution is 0.410. The molecular weight excluding hydrogens is 378 g/mol. The second-order valence-corrected chi connectivity index (χ2v) is 8.66. The molecule has 0 saturated carbocycles. The van der Waals surface area contributed by atoms with Crippen molar-refractivity contribution < 1.29 is 4.74 Å². The number of hydrogen-bond donors (Lipinski definition) is 0. The van der Waals surface area contributed by atoms with E-state index in [2.05, 4.69) is 73.3 Å². The van der Waals surface area contributed by atoms with Crippen molar-refractivity contribution in [3.63, 3.8) is 0 Å². The average molecular weight is 404 g/mol.